The molecule has 0 aliphatic carbocycles. The Morgan fingerprint density at radius 2 is 2.00 bits per heavy atom. The summed E-state index contributed by atoms with van der Waals surface area (Å²) in [5.74, 6) is 0.330. The number of halogens is 1. The molecule has 0 bridgehead atoms. The minimum absolute atomic E-state index is 0.204. The number of hydrogen-bond donors (Lipinski definition) is 0. The van der Waals surface area contributed by atoms with Crippen molar-refractivity contribution in [2.45, 2.75) is 24.7 Å². The largest absolute Gasteiger partial charge is 0.492 e. The van der Waals surface area contributed by atoms with Gasteiger partial charge in [0.15, 0.2) is 0 Å². The van der Waals surface area contributed by atoms with Crippen molar-refractivity contribution in [2.24, 2.45) is 0 Å². The number of benzene rings is 1. The summed E-state index contributed by atoms with van der Waals surface area (Å²) in [5.41, 5.74) is 0. The predicted octanol–water partition coefficient (Wildman–Crippen LogP) is 2.52. The quantitative estimate of drug-likeness (QED) is 0.856. The molecule has 0 amide bonds. The number of nitrogens with zero attached hydrogens (tertiary/aromatic N) is 1. The van der Waals surface area contributed by atoms with Crippen LogP contribution in [0.5, 0.6) is 5.75 Å². The second kappa shape index (κ2) is 5.47. The highest BCUT2D eigenvalue weighted by molar-refractivity contribution is 7.89. The van der Waals surface area contributed by atoms with Gasteiger partial charge >= 0.3 is 0 Å². The molecule has 0 unspecified atom stereocenters. The standard InChI is InChI=1S/C12H16ClNO3S/c1-2-17-11-9-10(13)5-6-12(11)18(15,16)14-7-3-4-8-14/h5-6,9H,2-4,7-8H2,1H3. The molecule has 18 heavy (non-hydrogen) atoms. The summed E-state index contributed by atoms with van der Waals surface area (Å²) in [5, 5.41) is 0.471. The van der Waals surface area contributed by atoms with Crippen LogP contribution in [0.2, 0.25) is 5.02 Å². The molecule has 1 saturated heterocycles. The monoisotopic (exact) mass is 289 g/mol. The second-order valence-corrected chi connectivity index (χ2v) is 6.48. The summed E-state index contributed by atoms with van der Waals surface area (Å²) >= 11 is 5.87. The van der Waals surface area contributed by atoms with Crippen LogP contribution < -0.4 is 4.74 Å². The fourth-order valence-electron chi connectivity index (χ4n) is 2.03. The molecular weight excluding hydrogens is 274 g/mol. The van der Waals surface area contributed by atoms with Crippen molar-refractivity contribution in [2.75, 3.05) is 19.7 Å². The van der Waals surface area contributed by atoms with E-state index in [-0.39, 0.29) is 4.90 Å². The first-order valence-electron chi connectivity index (χ1n) is 5.98. The summed E-state index contributed by atoms with van der Waals surface area (Å²) in [7, 11) is -3.46. The zero-order valence-corrected chi connectivity index (χ0v) is 11.8. The van der Waals surface area contributed by atoms with Crippen LogP contribution in [0.25, 0.3) is 0 Å². The van der Waals surface area contributed by atoms with Crippen LogP contribution in [0, 0.1) is 0 Å². The van der Waals surface area contributed by atoms with Gasteiger partial charge in [0.2, 0.25) is 10.0 Å². The van der Waals surface area contributed by atoms with E-state index in [1.165, 1.54) is 10.4 Å². The van der Waals surface area contributed by atoms with Crippen LogP contribution in [0.15, 0.2) is 23.1 Å². The molecule has 1 aromatic rings. The Morgan fingerprint density at radius 1 is 1.33 bits per heavy atom. The van der Waals surface area contributed by atoms with Crippen LogP contribution in [0.3, 0.4) is 0 Å². The average Bonchev–Trinajstić information content (AvgIpc) is 2.83. The minimum atomic E-state index is -3.46. The van der Waals surface area contributed by atoms with Gasteiger partial charge in [-0.2, -0.15) is 4.31 Å². The maximum absolute atomic E-state index is 12.4. The highest BCUT2D eigenvalue weighted by Gasteiger charge is 2.29. The molecule has 1 aliphatic heterocycles. The Bertz CT molecular complexity index is 524. The number of ether oxygens (including phenoxy) is 1. The molecule has 4 nitrogen and oxygen atoms in total. The first-order valence-corrected chi connectivity index (χ1v) is 7.80. The molecule has 2 rings (SSSR count). The number of hydrogen-bond acceptors (Lipinski definition) is 3. The lowest BCUT2D eigenvalue weighted by Gasteiger charge is -2.18. The highest BCUT2D eigenvalue weighted by atomic mass is 35.5. The topological polar surface area (TPSA) is 46.6 Å². The van der Waals surface area contributed by atoms with Crippen LogP contribution in [-0.4, -0.2) is 32.4 Å². The third kappa shape index (κ3) is 2.63. The van der Waals surface area contributed by atoms with E-state index in [2.05, 4.69) is 0 Å². The van der Waals surface area contributed by atoms with Gasteiger partial charge in [-0.3, -0.25) is 0 Å². The molecule has 0 atom stereocenters. The van der Waals surface area contributed by atoms with E-state index in [1.807, 2.05) is 6.92 Å². The molecule has 6 heteroatoms. The smallest absolute Gasteiger partial charge is 0.246 e. The zero-order chi connectivity index (χ0) is 13.2. The fourth-order valence-corrected chi connectivity index (χ4v) is 3.82. The molecule has 1 aliphatic rings. The third-order valence-corrected chi connectivity index (χ3v) is 5.06. The van der Waals surface area contributed by atoms with E-state index in [0.717, 1.165) is 12.8 Å². The molecule has 0 saturated carbocycles. The van der Waals surface area contributed by atoms with Gasteiger partial charge in [-0.15, -0.1) is 0 Å². The number of sulfonamides is 1. The van der Waals surface area contributed by atoms with Gasteiger partial charge in [-0.1, -0.05) is 11.6 Å². The Hall–Kier alpha value is -0.780. The van der Waals surface area contributed by atoms with Crippen LogP contribution >= 0.6 is 11.6 Å². The predicted molar refractivity (Wildman–Crippen MR) is 70.6 cm³/mol. The normalized spacial score (nSPS) is 17.0. The van der Waals surface area contributed by atoms with Gasteiger partial charge in [0.25, 0.3) is 0 Å². The van der Waals surface area contributed by atoms with Crippen molar-refractivity contribution in [3.05, 3.63) is 23.2 Å². The van der Waals surface area contributed by atoms with E-state index >= 15 is 0 Å². The zero-order valence-electron chi connectivity index (χ0n) is 10.2. The third-order valence-electron chi connectivity index (χ3n) is 2.89. The Kier molecular flexibility index (Phi) is 4.14. The molecule has 0 aromatic heterocycles. The van der Waals surface area contributed by atoms with Gasteiger partial charge in [0, 0.05) is 24.2 Å². The van der Waals surface area contributed by atoms with Crippen LogP contribution in [0.4, 0.5) is 0 Å². The average molecular weight is 290 g/mol. The van der Waals surface area contributed by atoms with Gasteiger partial charge in [-0.25, -0.2) is 8.42 Å². The van der Waals surface area contributed by atoms with Crippen molar-refractivity contribution < 1.29 is 13.2 Å². The van der Waals surface area contributed by atoms with Crippen molar-refractivity contribution in [1.82, 2.24) is 4.31 Å². The second-order valence-electron chi connectivity index (χ2n) is 4.14. The maximum Gasteiger partial charge on any atom is 0.246 e. The van der Waals surface area contributed by atoms with E-state index in [0.29, 0.717) is 30.5 Å². The molecule has 0 spiro atoms. The molecule has 1 fully saturated rings. The van der Waals surface area contributed by atoms with Crippen LogP contribution in [0.1, 0.15) is 19.8 Å². The summed E-state index contributed by atoms with van der Waals surface area (Å²) < 4.78 is 31.8. The van der Waals surface area contributed by atoms with Crippen molar-refractivity contribution in [3.8, 4) is 5.75 Å². The molecule has 1 aromatic carbocycles. The summed E-state index contributed by atoms with van der Waals surface area (Å²) in [6.07, 6.45) is 1.83. The molecule has 0 N–H and O–H groups in total. The summed E-state index contributed by atoms with van der Waals surface area (Å²) in [6, 6.07) is 4.64. The lowest BCUT2D eigenvalue weighted by atomic mass is 10.3. The first-order chi connectivity index (χ1) is 8.55. The SMILES string of the molecule is CCOc1cc(Cl)ccc1S(=O)(=O)N1CCCC1. The Morgan fingerprint density at radius 3 is 2.61 bits per heavy atom. The van der Waals surface area contributed by atoms with Gasteiger partial charge in [0.1, 0.15) is 10.6 Å². The van der Waals surface area contributed by atoms with Crippen molar-refractivity contribution in [3.63, 3.8) is 0 Å². The van der Waals surface area contributed by atoms with E-state index in [4.69, 9.17) is 16.3 Å². The first kappa shape index (κ1) is 13.6. The minimum Gasteiger partial charge on any atom is -0.492 e. The Labute approximate surface area is 113 Å². The maximum atomic E-state index is 12.4. The Balaban J connectivity index is 2.42. The highest BCUT2D eigenvalue weighted by Crippen LogP contribution is 2.31. The summed E-state index contributed by atoms with van der Waals surface area (Å²) in [4.78, 5) is 0.204. The van der Waals surface area contributed by atoms with E-state index in [1.54, 1.807) is 12.1 Å². The number of rotatable bonds is 4. The lowest BCUT2D eigenvalue weighted by molar-refractivity contribution is 0.329. The lowest BCUT2D eigenvalue weighted by Crippen LogP contribution is -2.28. The van der Waals surface area contributed by atoms with Gasteiger partial charge < -0.3 is 4.74 Å². The molecular formula is C12H16ClNO3S. The van der Waals surface area contributed by atoms with Gasteiger partial charge in [-0.05, 0) is 31.9 Å². The van der Waals surface area contributed by atoms with Crippen LogP contribution in [-0.2, 0) is 10.0 Å². The fraction of sp³-hybridized carbons (Fsp3) is 0.500. The van der Waals surface area contributed by atoms with Crippen molar-refractivity contribution >= 4 is 21.6 Å². The molecule has 1 heterocycles. The van der Waals surface area contributed by atoms with E-state index < -0.39 is 10.0 Å². The summed E-state index contributed by atoms with van der Waals surface area (Å²) in [6.45, 7) is 3.38. The molecule has 0 radical (unpaired) electrons. The molecule has 100 valence electrons. The van der Waals surface area contributed by atoms with Crippen molar-refractivity contribution in [1.29, 1.82) is 0 Å². The van der Waals surface area contributed by atoms with Gasteiger partial charge in [0.05, 0.1) is 6.61 Å². The van der Waals surface area contributed by atoms with E-state index in [9.17, 15) is 8.42 Å².